The molecule has 1 aromatic carbocycles. The van der Waals surface area contributed by atoms with Crippen molar-refractivity contribution < 1.29 is 23.1 Å². The minimum atomic E-state index is -3.55. The van der Waals surface area contributed by atoms with Crippen molar-refractivity contribution in [2.24, 2.45) is 0 Å². The summed E-state index contributed by atoms with van der Waals surface area (Å²) in [5, 5.41) is 14.8. The van der Waals surface area contributed by atoms with Crippen LogP contribution >= 0.6 is 0 Å². The third kappa shape index (κ3) is 3.63. The molecule has 0 aliphatic carbocycles. The van der Waals surface area contributed by atoms with Crippen LogP contribution < -0.4 is 10.6 Å². The molecular weight excluding hydrogens is 360 g/mol. The zero-order valence-corrected chi connectivity index (χ0v) is 14.8. The van der Waals surface area contributed by atoms with Crippen LogP contribution in [0.2, 0.25) is 0 Å². The van der Waals surface area contributed by atoms with Crippen molar-refractivity contribution in [2.45, 2.75) is 4.90 Å². The standard InChI is InChI=1S/C16H20N4O5S/c21-10-9-20-15(22)11-14(16(20)23)18-12-1-3-13(4-2-12)26(24,25)19-7-5-17-6-8-19/h1-4,11,17-18,21H,5-10H2. The molecule has 26 heavy (non-hydrogen) atoms. The van der Waals surface area contributed by atoms with Crippen LogP contribution in [0.4, 0.5) is 5.69 Å². The van der Waals surface area contributed by atoms with Gasteiger partial charge < -0.3 is 15.7 Å². The zero-order chi connectivity index (χ0) is 18.7. The normalized spacial score (nSPS) is 19.0. The summed E-state index contributed by atoms with van der Waals surface area (Å²) in [5.74, 6) is -1.02. The lowest BCUT2D eigenvalue weighted by Crippen LogP contribution is -2.46. The van der Waals surface area contributed by atoms with Crippen molar-refractivity contribution >= 4 is 27.5 Å². The Hall–Kier alpha value is -2.27. The van der Waals surface area contributed by atoms with Crippen LogP contribution in [0.15, 0.2) is 40.9 Å². The molecule has 3 rings (SSSR count). The van der Waals surface area contributed by atoms with Gasteiger partial charge in [-0.25, -0.2) is 8.42 Å². The Balaban J connectivity index is 1.71. The summed E-state index contributed by atoms with van der Waals surface area (Å²) in [6, 6.07) is 6.02. The van der Waals surface area contributed by atoms with Crippen molar-refractivity contribution in [3.63, 3.8) is 0 Å². The first-order valence-electron chi connectivity index (χ1n) is 8.20. The number of β-amino-alcohol motifs (C(OH)–C–C–N with tert-alkyl or cyclic N) is 1. The number of amides is 2. The van der Waals surface area contributed by atoms with Gasteiger partial charge in [0.2, 0.25) is 10.0 Å². The molecule has 140 valence electrons. The average molecular weight is 380 g/mol. The number of piperazine rings is 1. The molecule has 0 bridgehead atoms. The zero-order valence-electron chi connectivity index (χ0n) is 14.0. The number of imide groups is 1. The summed E-state index contributed by atoms with van der Waals surface area (Å²) >= 11 is 0. The summed E-state index contributed by atoms with van der Waals surface area (Å²) in [4.78, 5) is 24.9. The first-order valence-corrected chi connectivity index (χ1v) is 9.64. The van der Waals surface area contributed by atoms with Crippen molar-refractivity contribution in [3.8, 4) is 0 Å². The molecule has 9 nitrogen and oxygen atoms in total. The summed E-state index contributed by atoms with van der Waals surface area (Å²) in [5.41, 5.74) is 0.573. The number of rotatable bonds is 6. The van der Waals surface area contributed by atoms with Crippen molar-refractivity contribution in [1.29, 1.82) is 0 Å². The molecule has 1 fully saturated rings. The molecule has 2 aliphatic heterocycles. The molecule has 0 atom stereocenters. The Bertz CT molecular complexity index is 829. The molecule has 2 heterocycles. The number of benzene rings is 1. The van der Waals surface area contributed by atoms with Gasteiger partial charge in [-0.05, 0) is 24.3 Å². The van der Waals surface area contributed by atoms with Gasteiger partial charge in [-0.1, -0.05) is 0 Å². The number of aliphatic hydroxyl groups is 1. The Morgan fingerprint density at radius 2 is 1.77 bits per heavy atom. The lowest BCUT2D eigenvalue weighted by Gasteiger charge is -2.26. The van der Waals surface area contributed by atoms with Crippen molar-refractivity contribution in [3.05, 3.63) is 36.0 Å². The van der Waals surface area contributed by atoms with E-state index in [0.717, 1.165) is 11.0 Å². The maximum atomic E-state index is 12.6. The van der Waals surface area contributed by atoms with Crippen LogP contribution in [0.25, 0.3) is 0 Å². The Kier molecular flexibility index (Phi) is 5.37. The summed E-state index contributed by atoms with van der Waals surface area (Å²) < 4.78 is 26.6. The lowest BCUT2D eigenvalue weighted by atomic mass is 10.3. The van der Waals surface area contributed by atoms with E-state index < -0.39 is 21.8 Å². The largest absolute Gasteiger partial charge is 0.395 e. The molecule has 0 spiro atoms. The van der Waals surface area contributed by atoms with Gasteiger partial charge in [0.15, 0.2) is 0 Å². The second-order valence-corrected chi connectivity index (χ2v) is 7.82. The second-order valence-electron chi connectivity index (χ2n) is 5.88. The van der Waals surface area contributed by atoms with E-state index in [-0.39, 0.29) is 23.7 Å². The van der Waals surface area contributed by atoms with E-state index in [1.165, 1.54) is 16.4 Å². The fourth-order valence-corrected chi connectivity index (χ4v) is 4.25. The summed E-state index contributed by atoms with van der Waals surface area (Å²) in [6.07, 6.45) is 1.16. The number of nitrogens with zero attached hydrogens (tertiary/aromatic N) is 2. The van der Waals surface area contributed by atoms with E-state index in [2.05, 4.69) is 10.6 Å². The van der Waals surface area contributed by atoms with E-state index in [9.17, 15) is 18.0 Å². The Morgan fingerprint density at radius 3 is 2.38 bits per heavy atom. The van der Waals surface area contributed by atoms with Gasteiger partial charge in [0, 0.05) is 37.9 Å². The quantitative estimate of drug-likeness (QED) is 0.538. The number of sulfonamides is 1. The topological polar surface area (TPSA) is 119 Å². The number of aliphatic hydroxyl groups excluding tert-OH is 1. The van der Waals surface area contributed by atoms with Gasteiger partial charge in [-0.15, -0.1) is 0 Å². The van der Waals surface area contributed by atoms with Crippen LogP contribution in [0.3, 0.4) is 0 Å². The number of carbonyl (C=O) groups excluding carboxylic acids is 2. The van der Waals surface area contributed by atoms with Crippen molar-refractivity contribution in [1.82, 2.24) is 14.5 Å². The molecule has 0 aromatic heterocycles. The molecule has 3 N–H and O–H groups in total. The van der Waals surface area contributed by atoms with Crippen LogP contribution in [0.5, 0.6) is 0 Å². The molecule has 1 aromatic rings. The van der Waals surface area contributed by atoms with Gasteiger partial charge >= 0.3 is 0 Å². The Morgan fingerprint density at radius 1 is 1.12 bits per heavy atom. The van der Waals surface area contributed by atoms with Crippen LogP contribution in [0.1, 0.15) is 0 Å². The third-order valence-corrected chi connectivity index (χ3v) is 6.09. The highest BCUT2D eigenvalue weighted by molar-refractivity contribution is 7.89. The predicted molar refractivity (Wildman–Crippen MR) is 93.6 cm³/mol. The molecule has 2 amide bonds. The first-order chi connectivity index (χ1) is 12.4. The van der Waals surface area contributed by atoms with E-state index in [1.54, 1.807) is 12.1 Å². The minimum absolute atomic E-state index is 0.0682. The minimum Gasteiger partial charge on any atom is -0.395 e. The van der Waals surface area contributed by atoms with Gasteiger partial charge in [0.1, 0.15) is 5.70 Å². The monoisotopic (exact) mass is 380 g/mol. The first kappa shape index (κ1) is 18.5. The predicted octanol–water partition coefficient (Wildman–Crippen LogP) is -1.06. The average Bonchev–Trinajstić information content (AvgIpc) is 2.91. The number of carbonyl (C=O) groups is 2. The van der Waals surface area contributed by atoms with E-state index in [1.807, 2.05) is 0 Å². The smallest absolute Gasteiger partial charge is 0.277 e. The Labute approximate surface area is 151 Å². The summed E-state index contributed by atoms with van der Waals surface area (Å²) in [7, 11) is -3.55. The highest BCUT2D eigenvalue weighted by Gasteiger charge is 2.31. The van der Waals surface area contributed by atoms with E-state index >= 15 is 0 Å². The van der Waals surface area contributed by atoms with Crippen molar-refractivity contribution in [2.75, 3.05) is 44.6 Å². The molecule has 0 unspecified atom stereocenters. The summed E-state index contributed by atoms with van der Waals surface area (Å²) in [6.45, 7) is 1.71. The highest BCUT2D eigenvalue weighted by Crippen LogP contribution is 2.21. The number of anilines is 1. The molecule has 0 radical (unpaired) electrons. The van der Waals surface area contributed by atoms with Crippen LogP contribution in [-0.2, 0) is 19.6 Å². The number of nitrogens with one attached hydrogen (secondary N) is 2. The molecule has 2 aliphatic rings. The van der Waals surface area contributed by atoms with E-state index in [0.29, 0.717) is 31.9 Å². The van der Waals surface area contributed by atoms with Crippen LogP contribution in [-0.4, -0.2) is 73.9 Å². The second kappa shape index (κ2) is 7.54. The fraction of sp³-hybridized carbons (Fsp3) is 0.375. The van der Waals surface area contributed by atoms with Gasteiger partial charge in [-0.2, -0.15) is 4.31 Å². The number of hydrogen-bond acceptors (Lipinski definition) is 7. The fourth-order valence-electron chi connectivity index (χ4n) is 2.81. The van der Waals surface area contributed by atoms with Gasteiger partial charge in [0.05, 0.1) is 18.0 Å². The highest BCUT2D eigenvalue weighted by atomic mass is 32.2. The molecule has 10 heteroatoms. The van der Waals surface area contributed by atoms with E-state index in [4.69, 9.17) is 5.11 Å². The maximum absolute atomic E-state index is 12.6. The lowest BCUT2D eigenvalue weighted by molar-refractivity contribution is -0.137. The van der Waals surface area contributed by atoms with Crippen LogP contribution in [0, 0.1) is 0 Å². The maximum Gasteiger partial charge on any atom is 0.277 e. The molecule has 1 saturated heterocycles. The SMILES string of the molecule is O=C1C=C(Nc2ccc(S(=O)(=O)N3CCNCC3)cc2)C(=O)N1CCO. The molecular formula is C16H20N4O5S. The third-order valence-electron chi connectivity index (χ3n) is 4.18. The van der Waals surface area contributed by atoms with Gasteiger partial charge in [-0.3, -0.25) is 14.5 Å². The van der Waals surface area contributed by atoms with Gasteiger partial charge in [0.25, 0.3) is 11.8 Å². The number of hydrogen-bond donors (Lipinski definition) is 3. The molecule has 0 saturated carbocycles.